The first kappa shape index (κ1) is 27.5. The number of aromatic nitrogens is 1. The Balaban J connectivity index is 1.13. The van der Waals surface area contributed by atoms with E-state index in [2.05, 4.69) is 187 Å². The van der Waals surface area contributed by atoms with Crippen molar-refractivity contribution in [2.75, 3.05) is 0 Å². The lowest BCUT2D eigenvalue weighted by Gasteiger charge is -2.16. The van der Waals surface area contributed by atoms with E-state index < -0.39 is 0 Å². The van der Waals surface area contributed by atoms with Gasteiger partial charge in [-0.3, -0.25) is 0 Å². The standard InChI is InChI=1S/C49H31N/c1-2-12-31(13-3-1)49-44-20-9-8-17-38(44)41-25-22-32(28-46(41)49)33-23-26-43-42-19-10-11-21-47(42)50(48(43)29-33)34-24-27-40-37-16-5-4-14-35(37)36-15-6-7-18-39(36)45(40)30-34/h1-30,49H. The van der Waals surface area contributed by atoms with Crippen molar-refractivity contribution in [2.45, 2.75) is 5.92 Å². The molecule has 1 aliphatic rings. The summed E-state index contributed by atoms with van der Waals surface area (Å²) in [5.74, 6) is 0.223. The third-order valence-electron chi connectivity index (χ3n) is 11.1. The van der Waals surface area contributed by atoms with Crippen LogP contribution in [0.4, 0.5) is 0 Å². The Morgan fingerprint density at radius 1 is 0.320 bits per heavy atom. The van der Waals surface area contributed by atoms with Gasteiger partial charge in [-0.1, -0.05) is 152 Å². The minimum Gasteiger partial charge on any atom is -0.309 e. The van der Waals surface area contributed by atoms with Gasteiger partial charge < -0.3 is 4.57 Å². The van der Waals surface area contributed by atoms with Crippen LogP contribution in [0, 0.1) is 0 Å². The average Bonchev–Trinajstić information content (AvgIpc) is 3.70. The molecule has 1 nitrogen and oxygen atoms in total. The Bertz CT molecular complexity index is 2950. The van der Waals surface area contributed by atoms with E-state index in [9.17, 15) is 0 Å². The molecule has 0 amide bonds. The molecule has 0 spiro atoms. The Labute approximate surface area is 290 Å². The first-order valence-electron chi connectivity index (χ1n) is 17.5. The molecular formula is C49H31N. The first-order chi connectivity index (χ1) is 24.8. The van der Waals surface area contributed by atoms with E-state index in [0.29, 0.717) is 0 Å². The molecule has 0 N–H and O–H groups in total. The normalized spacial score (nSPS) is 13.8. The van der Waals surface area contributed by atoms with Crippen molar-refractivity contribution in [3.63, 3.8) is 0 Å². The van der Waals surface area contributed by atoms with Crippen LogP contribution < -0.4 is 0 Å². The highest BCUT2D eigenvalue weighted by Gasteiger charge is 2.30. The number of nitrogens with zero attached hydrogens (tertiary/aromatic N) is 1. The van der Waals surface area contributed by atoms with Crippen LogP contribution in [0.1, 0.15) is 22.6 Å². The molecule has 0 saturated heterocycles. The molecule has 1 unspecified atom stereocenters. The van der Waals surface area contributed by atoms with Crippen LogP contribution in [-0.4, -0.2) is 4.57 Å². The lowest BCUT2D eigenvalue weighted by Crippen LogP contribution is -1.99. The summed E-state index contributed by atoms with van der Waals surface area (Å²) in [6.45, 7) is 0. The second kappa shape index (κ2) is 10.5. The van der Waals surface area contributed by atoms with Gasteiger partial charge in [0.05, 0.1) is 11.0 Å². The van der Waals surface area contributed by atoms with Gasteiger partial charge in [0.1, 0.15) is 0 Å². The third kappa shape index (κ3) is 3.89. The quantitative estimate of drug-likeness (QED) is 0.171. The van der Waals surface area contributed by atoms with Gasteiger partial charge in [0.2, 0.25) is 0 Å². The fraction of sp³-hybridized carbons (Fsp3) is 0.0204. The summed E-state index contributed by atoms with van der Waals surface area (Å²) in [7, 11) is 0. The maximum atomic E-state index is 2.47. The van der Waals surface area contributed by atoms with Crippen LogP contribution in [0.25, 0.3) is 82.1 Å². The number of hydrogen-bond acceptors (Lipinski definition) is 0. The molecule has 10 aromatic rings. The van der Waals surface area contributed by atoms with Crippen LogP contribution in [-0.2, 0) is 0 Å². The van der Waals surface area contributed by atoms with Crippen molar-refractivity contribution >= 4 is 54.1 Å². The number of hydrogen-bond donors (Lipinski definition) is 0. The van der Waals surface area contributed by atoms with E-state index >= 15 is 0 Å². The zero-order valence-corrected chi connectivity index (χ0v) is 27.3. The Morgan fingerprint density at radius 3 is 1.64 bits per heavy atom. The zero-order valence-electron chi connectivity index (χ0n) is 27.3. The largest absolute Gasteiger partial charge is 0.309 e. The second-order valence-corrected chi connectivity index (χ2v) is 13.6. The lowest BCUT2D eigenvalue weighted by atomic mass is 9.88. The van der Waals surface area contributed by atoms with Gasteiger partial charge in [-0.15, -0.1) is 0 Å². The van der Waals surface area contributed by atoms with Crippen molar-refractivity contribution in [3.8, 4) is 27.9 Å². The molecule has 0 fully saturated rings. The summed E-state index contributed by atoms with van der Waals surface area (Å²) < 4.78 is 2.47. The maximum absolute atomic E-state index is 2.47. The molecule has 0 aliphatic heterocycles. The Kier molecular flexibility index (Phi) is 5.79. The van der Waals surface area contributed by atoms with Gasteiger partial charge >= 0.3 is 0 Å². The van der Waals surface area contributed by atoms with Gasteiger partial charge in [0.25, 0.3) is 0 Å². The lowest BCUT2D eigenvalue weighted by molar-refractivity contribution is 1.02. The minimum atomic E-state index is 0.223. The molecule has 1 heterocycles. The average molecular weight is 634 g/mol. The Morgan fingerprint density at radius 2 is 0.860 bits per heavy atom. The van der Waals surface area contributed by atoms with Crippen LogP contribution in [0.5, 0.6) is 0 Å². The van der Waals surface area contributed by atoms with E-state index in [1.807, 2.05) is 0 Å². The van der Waals surface area contributed by atoms with Crippen molar-refractivity contribution in [1.29, 1.82) is 0 Å². The van der Waals surface area contributed by atoms with Gasteiger partial charge in [-0.2, -0.15) is 0 Å². The third-order valence-corrected chi connectivity index (χ3v) is 11.1. The van der Waals surface area contributed by atoms with Gasteiger partial charge in [-0.05, 0) is 102 Å². The van der Waals surface area contributed by atoms with Gasteiger partial charge in [0.15, 0.2) is 0 Å². The summed E-state index contributed by atoms with van der Waals surface area (Å²) in [5, 5.41) is 10.3. The number of rotatable bonds is 3. The van der Waals surface area contributed by atoms with Crippen molar-refractivity contribution in [2.24, 2.45) is 0 Å². The van der Waals surface area contributed by atoms with Gasteiger partial charge in [0, 0.05) is 22.4 Å². The summed E-state index contributed by atoms with van der Waals surface area (Å²) >= 11 is 0. The summed E-state index contributed by atoms with van der Waals surface area (Å²) in [6.07, 6.45) is 0. The molecule has 232 valence electrons. The number of fused-ring (bicyclic) bond motifs is 12. The maximum Gasteiger partial charge on any atom is 0.0547 e. The van der Waals surface area contributed by atoms with E-state index in [0.717, 1.165) is 0 Å². The summed E-state index contributed by atoms with van der Waals surface area (Å²) in [4.78, 5) is 0. The van der Waals surface area contributed by atoms with Crippen molar-refractivity contribution in [3.05, 3.63) is 199 Å². The minimum absolute atomic E-state index is 0.223. The van der Waals surface area contributed by atoms with E-state index in [1.165, 1.54) is 98.8 Å². The van der Waals surface area contributed by atoms with E-state index in [-0.39, 0.29) is 5.92 Å². The predicted molar refractivity (Wildman–Crippen MR) is 212 cm³/mol. The molecule has 1 atom stereocenters. The van der Waals surface area contributed by atoms with Crippen LogP contribution >= 0.6 is 0 Å². The highest BCUT2D eigenvalue weighted by molar-refractivity contribution is 6.25. The molecule has 1 aromatic heterocycles. The monoisotopic (exact) mass is 633 g/mol. The fourth-order valence-electron chi connectivity index (χ4n) is 8.86. The summed E-state index contributed by atoms with van der Waals surface area (Å²) in [6, 6.07) is 67.5. The highest BCUT2D eigenvalue weighted by atomic mass is 15.0. The molecule has 0 radical (unpaired) electrons. The predicted octanol–water partition coefficient (Wildman–Crippen LogP) is 13.1. The topological polar surface area (TPSA) is 4.93 Å². The molecular weight excluding hydrogens is 603 g/mol. The van der Waals surface area contributed by atoms with Crippen molar-refractivity contribution < 1.29 is 0 Å². The molecule has 9 aromatic carbocycles. The molecule has 1 heteroatoms. The van der Waals surface area contributed by atoms with Crippen LogP contribution in [0.15, 0.2) is 182 Å². The number of benzene rings is 9. The SMILES string of the molecule is c1ccc(C2c3ccccc3-c3ccc(-c4ccc5c6ccccc6n(-c6ccc7c8ccccc8c8ccccc8c7c6)c5c4)cc32)cc1. The van der Waals surface area contributed by atoms with Gasteiger partial charge in [-0.25, -0.2) is 0 Å². The van der Waals surface area contributed by atoms with Crippen LogP contribution in [0.2, 0.25) is 0 Å². The molecule has 0 saturated carbocycles. The molecule has 0 bridgehead atoms. The molecule has 11 rings (SSSR count). The first-order valence-corrected chi connectivity index (χ1v) is 17.5. The van der Waals surface area contributed by atoms with Crippen molar-refractivity contribution in [1.82, 2.24) is 4.57 Å². The fourth-order valence-corrected chi connectivity index (χ4v) is 8.86. The van der Waals surface area contributed by atoms with E-state index in [4.69, 9.17) is 0 Å². The summed E-state index contributed by atoms with van der Waals surface area (Å²) in [5.41, 5.74) is 12.9. The highest BCUT2D eigenvalue weighted by Crippen LogP contribution is 2.49. The number of para-hydroxylation sites is 1. The Hall–Kier alpha value is -6.44. The second-order valence-electron chi connectivity index (χ2n) is 13.6. The molecule has 50 heavy (non-hydrogen) atoms. The van der Waals surface area contributed by atoms with Crippen LogP contribution in [0.3, 0.4) is 0 Å². The van der Waals surface area contributed by atoms with E-state index in [1.54, 1.807) is 0 Å². The zero-order chi connectivity index (χ0) is 32.8. The smallest absolute Gasteiger partial charge is 0.0547 e. The molecule has 1 aliphatic carbocycles.